The van der Waals surface area contributed by atoms with Gasteiger partial charge in [-0.15, -0.1) is 0 Å². The summed E-state index contributed by atoms with van der Waals surface area (Å²) in [5, 5.41) is 9.01. The summed E-state index contributed by atoms with van der Waals surface area (Å²) in [6, 6.07) is 6.55. The standard InChI is InChI=1S/C21H28N4O4/c1-28-19-4-2-3-16(21(19)29-10-9-23-8-6-22-15-23)12-25-13-17-11-24(14-20(26)27)7-5-18(17)25/h2-4,6,8,15,17-18H,5,7,9-14H2,1H3,(H,26,27)/t17-,18-/m0/s1. The van der Waals surface area contributed by atoms with Gasteiger partial charge in [0.1, 0.15) is 6.61 Å². The summed E-state index contributed by atoms with van der Waals surface area (Å²) in [5.41, 5.74) is 1.13. The summed E-state index contributed by atoms with van der Waals surface area (Å²) >= 11 is 0. The number of piperidine rings is 1. The third kappa shape index (κ3) is 4.54. The Labute approximate surface area is 170 Å². The molecule has 0 unspecified atom stereocenters. The number of imidazole rings is 1. The van der Waals surface area contributed by atoms with Crippen LogP contribution in [-0.4, -0.2) is 76.4 Å². The second-order valence-electron chi connectivity index (χ2n) is 7.77. The van der Waals surface area contributed by atoms with Crippen LogP contribution in [0.2, 0.25) is 0 Å². The molecule has 2 aliphatic heterocycles. The fourth-order valence-electron chi connectivity index (χ4n) is 4.47. The van der Waals surface area contributed by atoms with Gasteiger partial charge in [0.05, 0.1) is 26.5 Å². The lowest BCUT2D eigenvalue weighted by atomic mass is 9.82. The molecular formula is C21H28N4O4. The number of methoxy groups -OCH3 is 1. The average Bonchev–Trinajstić information content (AvgIpc) is 3.20. The monoisotopic (exact) mass is 400 g/mol. The largest absolute Gasteiger partial charge is 0.493 e. The fraction of sp³-hybridized carbons (Fsp3) is 0.524. The van der Waals surface area contributed by atoms with Gasteiger partial charge >= 0.3 is 5.97 Å². The van der Waals surface area contributed by atoms with Gasteiger partial charge in [0, 0.05) is 50.2 Å². The number of aromatic nitrogens is 2. The van der Waals surface area contributed by atoms with E-state index in [1.165, 1.54) is 0 Å². The van der Waals surface area contributed by atoms with Crippen LogP contribution >= 0.6 is 0 Å². The van der Waals surface area contributed by atoms with E-state index in [0.29, 0.717) is 18.6 Å². The molecule has 29 heavy (non-hydrogen) atoms. The molecule has 1 aromatic carbocycles. The van der Waals surface area contributed by atoms with Crippen molar-refractivity contribution in [2.75, 3.05) is 39.9 Å². The Morgan fingerprint density at radius 3 is 2.97 bits per heavy atom. The summed E-state index contributed by atoms with van der Waals surface area (Å²) < 4.78 is 13.7. The van der Waals surface area contributed by atoms with E-state index in [9.17, 15) is 4.79 Å². The van der Waals surface area contributed by atoms with Crippen LogP contribution in [0.1, 0.15) is 12.0 Å². The van der Waals surface area contributed by atoms with Crippen LogP contribution in [0, 0.1) is 5.92 Å². The summed E-state index contributed by atoms with van der Waals surface area (Å²) in [6.07, 6.45) is 6.47. The number of likely N-dealkylation sites (tertiary alicyclic amines) is 2. The molecule has 1 aromatic heterocycles. The normalized spacial score (nSPS) is 22.0. The van der Waals surface area contributed by atoms with Crippen molar-refractivity contribution >= 4 is 5.97 Å². The van der Waals surface area contributed by atoms with Crippen molar-refractivity contribution in [3.63, 3.8) is 0 Å². The molecule has 0 amide bonds. The van der Waals surface area contributed by atoms with E-state index >= 15 is 0 Å². The molecule has 0 bridgehead atoms. The predicted octanol–water partition coefficient (Wildman–Crippen LogP) is 1.56. The molecular weight excluding hydrogens is 372 g/mol. The first kappa shape index (κ1) is 19.7. The maximum absolute atomic E-state index is 11.0. The zero-order chi connectivity index (χ0) is 20.2. The Morgan fingerprint density at radius 2 is 2.24 bits per heavy atom. The summed E-state index contributed by atoms with van der Waals surface area (Å²) in [6.45, 7) is 4.94. The van der Waals surface area contributed by atoms with Crippen LogP contribution in [0.5, 0.6) is 11.5 Å². The minimum Gasteiger partial charge on any atom is -0.493 e. The van der Waals surface area contributed by atoms with Gasteiger partial charge in [-0.05, 0) is 18.4 Å². The Hall–Kier alpha value is -2.58. The van der Waals surface area contributed by atoms with Gasteiger partial charge in [-0.3, -0.25) is 14.6 Å². The van der Waals surface area contributed by atoms with Gasteiger partial charge in [0.2, 0.25) is 0 Å². The second-order valence-corrected chi connectivity index (χ2v) is 7.77. The molecule has 8 nitrogen and oxygen atoms in total. The number of para-hydroxylation sites is 1. The number of ether oxygens (including phenoxy) is 2. The Balaban J connectivity index is 1.37. The SMILES string of the molecule is COc1cccc(CN2C[C@@H]3CN(CC(=O)O)CC[C@@H]32)c1OCCn1ccnc1. The van der Waals surface area contributed by atoms with Crippen LogP contribution in [0.4, 0.5) is 0 Å². The molecule has 3 heterocycles. The van der Waals surface area contributed by atoms with Crippen LogP contribution in [-0.2, 0) is 17.9 Å². The molecule has 2 aliphatic rings. The number of hydrogen-bond donors (Lipinski definition) is 1. The van der Waals surface area contributed by atoms with E-state index < -0.39 is 5.97 Å². The van der Waals surface area contributed by atoms with Crippen LogP contribution in [0.25, 0.3) is 0 Å². The van der Waals surface area contributed by atoms with Gasteiger partial charge in [0.25, 0.3) is 0 Å². The Kier molecular flexibility index (Phi) is 6.01. The number of benzene rings is 1. The maximum atomic E-state index is 11.0. The average molecular weight is 400 g/mol. The lowest BCUT2D eigenvalue weighted by Crippen LogP contribution is -2.63. The summed E-state index contributed by atoms with van der Waals surface area (Å²) in [5.74, 6) is 1.37. The van der Waals surface area contributed by atoms with Gasteiger partial charge in [-0.25, -0.2) is 4.98 Å². The van der Waals surface area contributed by atoms with E-state index in [2.05, 4.69) is 20.9 Å². The fourth-order valence-corrected chi connectivity index (χ4v) is 4.47. The molecule has 2 saturated heterocycles. The first-order valence-corrected chi connectivity index (χ1v) is 10.1. The first-order valence-electron chi connectivity index (χ1n) is 10.1. The van der Waals surface area contributed by atoms with Crippen molar-refractivity contribution in [2.24, 2.45) is 5.92 Å². The number of carboxylic acids is 1. The lowest BCUT2D eigenvalue weighted by molar-refractivity contribution is -0.140. The highest BCUT2D eigenvalue weighted by Crippen LogP contribution is 2.37. The molecule has 2 fully saturated rings. The molecule has 4 rings (SSSR count). The molecule has 0 radical (unpaired) electrons. The zero-order valence-corrected chi connectivity index (χ0v) is 16.7. The molecule has 1 N–H and O–H groups in total. The topological polar surface area (TPSA) is 80.1 Å². The van der Waals surface area contributed by atoms with Crippen molar-refractivity contribution in [1.82, 2.24) is 19.4 Å². The lowest BCUT2D eigenvalue weighted by Gasteiger charge is -2.53. The van der Waals surface area contributed by atoms with E-state index in [1.54, 1.807) is 19.6 Å². The highest BCUT2D eigenvalue weighted by Gasteiger charge is 2.42. The van der Waals surface area contributed by atoms with E-state index in [-0.39, 0.29) is 6.54 Å². The molecule has 2 atom stereocenters. The molecule has 8 heteroatoms. The van der Waals surface area contributed by atoms with Crippen molar-refractivity contribution in [3.8, 4) is 11.5 Å². The highest BCUT2D eigenvalue weighted by molar-refractivity contribution is 5.69. The first-order chi connectivity index (χ1) is 14.1. The van der Waals surface area contributed by atoms with Crippen molar-refractivity contribution in [2.45, 2.75) is 25.6 Å². The van der Waals surface area contributed by atoms with E-state index in [0.717, 1.165) is 56.2 Å². The predicted molar refractivity (Wildman–Crippen MR) is 107 cm³/mol. The van der Waals surface area contributed by atoms with Crippen molar-refractivity contribution in [1.29, 1.82) is 0 Å². The highest BCUT2D eigenvalue weighted by atomic mass is 16.5. The second kappa shape index (κ2) is 8.84. The van der Waals surface area contributed by atoms with Crippen molar-refractivity contribution < 1.29 is 19.4 Å². The van der Waals surface area contributed by atoms with E-state index in [4.69, 9.17) is 14.6 Å². The molecule has 0 aliphatic carbocycles. The molecule has 0 saturated carbocycles. The Morgan fingerprint density at radius 1 is 1.34 bits per heavy atom. The number of fused-ring (bicyclic) bond motifs is 1. The quantitative estimate of drug-likeness (QED) is 0.684. The van der Waals surface area contributed by atoms with Crippen LogP contribution in [0.3, 0.4) is 0 Å². The Bertz CT molecular complexity index is 826. The number of aliphatic carboxylic acids is 1. The van der Waals surface area contributed by atoms with Crippen molar-refractivity contribution in [3.05, 3.63) is 42.5 Å². The maximum Gasteiger partial charge on any atom is 0.317 e. The smallest absolute Gasteiger partial charge is 0.317 e. The van der Waals surface area contributed by atoms with Gasteiger partial charge < -0.3 is 19.1 Å². The van der Waals surface area contributed by atoms with Crippen LogP contribution in [0.15, 0.2) is 36.9 Å². The number of rotatable bonds is 9. The molecule has 2 aromatic rings. The third-order valence-corrected chi connectivity index (χ3v) is 5.88. The van der Waals surface area contributed by atoms with Gasteiger partial charge in [0.15, 0.2) is 11.5 Å². The summed E-state index contributed by atoms with van der Waals surface area (Å²) in [7, 11) is 1.67. The minimum absolute atomic E-state index is 0.147. The third-order valence-electron chi connectivity index (χ3n) is 5.88. The number of nitrogens with zero attached hydrogens (tertiary/aromatic N) is 4. The van der Waals surface area contributed by atoms with Crippen LogP contribution < -0.4 is 9.47 Å². The van der Waals surface area contributed by atoms with Gasteiger partial charge in [-0.1, -0.05) is 12.1 Å². The minimum atomic E-state index is -0.742. The summed E-state index contributed by atoms with van der Waals surface area (Å²) in [4.78, 5) is 19.5. The number of hydrogen-bond acceptors (Lipinski definition) is 6. The van der Waals surface area contributed by atoms with Gasteiger partial charge in [-0.2, -0.15) is 0 Å². The van der Waals surface area contributed by atoms with E-state index in [1.807, 2.05) is 22.9 Å². The molecule has 0 spiro atoms. The number of carboxylic acid groups (broad SMARTS) is 1. The zero-order valence-electron chi connectivity index (χ0n) is 16.7. The molecule has 156 valence electrons. The number of carbonyl (C=O) groups is 1.